The first kappa shape index (κ1) is 10.9. The van der Waals surface area contributed by atoms with Crippen molar-refractivity contribution in [3.8, 4) is 11.1 Å². The molecule has 0 saturated carbocycles. The summed E-state index contributed by atoms with van der Waals surface area (Å²) in [7, 11) is 0. The maximum atomic E-state index is 4.06. The van der Waals surface area contributed by atoms with Crippen molar-refractivity contribution in [3.05, 3.63) is 53.9 Å². The summed E-state index contributed by atoms with van der Waals surface area (Å²) in [5.74, 6) is 0. The summed E-state index contributed by atoms with van der Waals surface area (Å²) < 4.78 is 0. The van der Waals surface area contributed by atoms with Crippen LogP contribution < -0.4 is 0 Å². The molecule has 1 heteroatoms. The van der Waals surface area contributed by atoms with Gasteiger partial charge >= 0.3 is 0 Å². The zero-order valence-corrected chi connectivity index (χ0v) is 9.90. The third-order valence-corrected chi connectivity index (χ3v) is 2.88. The molecule has 0 radical (unpaired) electrons. The van der Waals surface area contributed by atoms with Crippen molar-refractivity contribution in [2.75, 3.05) is 0 Å². The average molecular weight is 211 g/mol. The molecule has 0 aliphatic carbocycles. The van der Waals surface area contributed by atoms with Crippen LogP contribution in [0.15, 0.2) is 42.7 Å². The highest BCUT2D eigenvalue weighted by Crippen LogP contribution is 2.22. The molecule has 0 saturated heterocycles. The second kappa shape index (κ2) is 4.93. The van der Waals surface area contributed by atoms with Gasteiger partial charge in [-0.25, -0.2) is 0 Å². The first-order chi connectivity index (χ1) is 7.83. The van der Waals surface area contributed by atoms with Crippen LogP contribution >= 0.6 is 0 Å². The van der Waals surface area contributed by atoms with E-state index in [-0.39, 0.29) is 0 Å². The number of aromatic nitrogens is 1. The van der Waals surface area contributed by atoms with Gasteiger partial charge in [-0.1, -0.05) is 32.0 Å². The van der Waals surface area contributed by atoms with E-state index in [2.05, 4.69) is 49.2 Å². The summed E-state index contributed by atoms with van der Waals surface area (Å²) in [6.45, 7) is 4.40. The summed E-state index contributed by atoms with van der Waals surface area (Å²) in [4.78, 5) is 4.06. The van der Waals surface area contributed by atoms with Crippen molar-refractivity contribution in [2.45, 2.75) is 26.7 Å². The van der Waals surface area contributed by atoms with Crippen molar-refractivity contribution in [2.24, 2.45) is 0 Å². The molecular formula is C15H17N. The van der Waals surface area contributed by atoms with Crippen LogP contribution in [0.25, 0.3) is 11.1 Å². The molecule has 2 aromatic rings. The smallest absolute Gasteiger partial charge is 0.0273 e. The Morgan fingerprint density at radius 1 is 0.812 bits per heavy atom. The van der Waals surface area contributed by atoms with Gasteiger partial charge in [0.05, 0.1) is 0 Å². The summed E-state index contributed by atoms with van der Waals surface area (Å²) in [6, 6.07) is 11.0. The minimum Gasteiger partial charge on any atom is -0.265 e. The van der Waals surface area contributed by atoms with E-state index in [1.807, 2.05) is 12.4 Å². The molecule has 0 atom stereocenters. The molecule has 1 nitrogen and oxygen atoms in total. The lowest BCUT2D eigenvalue weighted by Gasteiger charge is -2.07. The van der Waals surface area contributed by atoms with E-state index in [4.69, 9.17) is 0 Å². The van der Waals surface area contributed by atoms with Crippen molar-refractivity contribution < 1.29 is 0 Å². The van der Waals surface area contributed by atoms with Crippen molar-refractivity contribution in [1.82, 2.24) is 4.98 Å². The van der Waals surface area contributed by atoms with Crippen LogP contribution in [0.1, 0.15) is 25.0 Å². The molecule has 1 aromatic heterocycles. The fraction of sp³-hybridized carbons (Fsp3) is 0.267. The van der Waals surface area contributed by atoms with Gasteiger partial charge in [0.2, 0.25) is 0 Å². The number of hydrogen-bond donors (Lipinski definition) is 0. The Kier molecular flexibility index (Phi) is 3.35. The fourth-order valence-electron chi connectivity index (χ4n) is 1.88. The molecule has 0 aliphatic heterocycles. The number of nitrogens with zero attached hydrogens (tertiary/aromatic N) is 1. The lowest BCUT2D eigenvalue weighted by molar-refractivity contribution is 1.09. The molecule has 0 bridgehead atoms. The molecule has 0 spiro atoms. The zero-order chi connectivity index (χ0) is 11.4. The third-order valence-electron chi connectivity index (χ3n) is 2.88. The Morgan fingerprint density at radius 2 is 1.38 bits per heavy atom. The SMILES string of the molecule is CCc1cc(CC)cc(-c2ccncc2)c1. The molecule has 0 aliphatic rings. The molecular weight excluding hydrogens is 194 g/mol. The highest BCUT2D eigenvalue weighted by Gasteiger charge is 2.01. The lowest BCUT2D eigenvalue weighted by Crippen LogP contribution is -1.88. The second-order valence-corrected chi connectivity index (χ2v) is 3.98. The predicted molar refractivity (Wildman–Crippen MR) is 68.4 cm³/mol. The standard InChI is InChI=1S/C15H17N/c1-3-12-9-13(4-2)11-15(10-12)14-5-7-16-8-6-14/h5-11H,3-4H2,1-2H3. The third kappa shape index (κ3) is 2.30. The van der Waals surface area contributed by atoms with Crippen LogP contribution in [-0.2, 0) is 12.8 Å². The van der Waals surface area contributed by atoms with Gasteiger partial charge in [-0.3, -0.25) is 4.98 Å². The Hall–Kier alpha value is -1.63. The van der Waals surface area contributed by atoms with E-state index in [1.165, 1.54) is 22.3 Å². The number of rotatable bonds is 3. The van der Waals surface area contributed by atoms with E-state index < -0.39 is 0 Å². The van der Waals surface area contributed by atoms with Gasteiger partial charge < -0.3 is 0 Å². The van der Waals surface area contributed by atoms with Crippen molar-refractivity contribution in [1.29, 1.82) is 0 Å². The van der Waals surface area contributed by atoms with E-state index >= 15 is 0 Å². The van der Waals surface area contributed by atoms with Crippen molar-refractivity contribution in [3.63, 3.8) is 0 Å². The van der Waals surface area contributed by atoms with Crippen LogP contribution in [0, 0.1) is 0 Å². The van der Waals surface area contributed by atoms with E-state index in [0.717, 1.165) is 12.8 Å². The van der Waals surface area contributed by atoms with Crippen LogP contribution in [0.3, 0.4) is 0 Å². The highest BCUT2D eigenvalue weighted by atomic mass is 14.6. The maximum absolute atomic E-state index is 4.06. The zero-order valence-electron chi connectivity index (χ0n) is 9.90. The van der Waals surface area contributed by atoms with Crippen molar-refractivity contribution >= 4 is 0 Å². The minimum absolute atomic E-state index is 1.09. The van der Waals surface area contributed by atoms with E-state index in [9.17, 15) is 0 Å². The topological polar surface area (TPSA) is 12.9 Å². The van der Waals surface area contributed by atoms with Crippen LogP contribution in [0.4, 0.5) is 0 Å². The summed E-state index contributed by atoms with van der Waals surface area (Å²) >= 11 is 0. The number of hydrogen-bond acceptors (Lipinski definition) is 1. The molecule has 2 rings (SSSR count). The van der Waals surface area contributed by atoms with Gasteiger partial charge in [0.25, 0.3) is 0 Å². The first-order valence-corrected chi connectivity index (χ1v) is 5.86. The molecule has 0 unspecified atom stereocenters. The Morgan fingerprint density at radius 3 is 1.88 bits per heavy atom. The molecule has 1 aromatic carbocycles. The number of benzene rings is 1. The quantitative estimate of drug-likeness (QED) is 0.751. The van der Waals surface area contributed by atoms with Gasteiger partial charge in [0, 0.05) is 12.4 Å². The van der Waals surface area contributed by atoms with Gasteiger partial charge in [-0.15, -0.1) is 0 Å². The molecule has 0 N–H and O–H groups in total. The second-order valence-electron chi connectivity index (χ2n) is 3.98. The molecule has 0 amide bonds. The minimum atomic E-state index is 1.09. The molecule has 0 fully saturated rings. The lowest BCUT2D eigenvalue weighted by atomic mass is 9.98. The molecule has 16 heavy (non-hydrogen) atoms. The van der Waals surface area contributed by atoms with E-state index in [0.29, 0.717) is 0 Å². The predicted octanol–water partition coefficient (Wildman–Crippen LogP) is 3.87. The largest absolute Gasteiger partial charge is 0.265 e. The Labute approximate surface area is 97.2 Å². The van der Waals surface area contributed by atoms with Gasteiger partial charge in [-0.05, 0) is 47.2 Å². The fourth-order valence-corrected chi connectivity index (χ4v) is 1.88. The summed E-state index contributed by atoms with van der Waals surface area (Å²) in [5.41, 5.74) is 5.37. The first-order valence-electron chi connectivity index (χ1n) is 5.86. The summed E-state index contributed by atoms with van der Waals surface area (Å²) in [6.07, 6.45) is 5.87. The number of aryl methyl sites for hydroxylation is 2. The molecule has 82 valence electrons. The highest BCUT2D eigenvalue weighted by molar-refractivity contribution is 5.64. The molecule has 1 heterocycles. The Balaban J connectivity index is 2.48. The monoisotopic (exact) mass is 211 g/mol. The van der Waals surface area contributed by atoms with Crippen LogP contribution in [0.5, 0.6) is 0 Å². The normalized spacial score (nSPS) is 10.4. The van der Waals surface area contributed by atoms with Gasteiger partial charge in [-0.2, -0.15) is 0 Å². The average Bonchev–Trinajstić information content (AvgIpc) is 2.39. The van der Waals surface area contributed by atoms with Crippen LogP contribution in [-0.4, -0.2) is 4.98 Å². The summed E-state index contributed by atoms with van der Waals surface area (Å²) in [5, 5.41) is 0. The van der Waals surface area contributed by atoms with Crippen LogP contribution in [0.2, 0.25) is 0 Å². The maximum Gasteiger partial charge on any atom is 0.0273 e. The Bertz CT molecular complexity index is 438. The number of pyridine rings is 1. The van der Waals surface area contributed by atoms with Gasteiger partial charge in [0.15, 0.2) is 0 Å². The van der Waals surface area contributed by atoms with E-state index in [1.54, 1.807) is 0 Å². The van der Waals surface area contributed by atoms with Gasteiger partial charge in [0.1, 0.15) is 0 Å².